The summed E-state index contributed by atoms with van der Waals surface area (Å²) < 4.78 is 0. The number of imide groups is 1. The number of piperidine rings is 2. The lowest BCUT2D eigenvalue weighted by Gasteiger charge is -2.29. The Morgan fingerprint density at radius 3 is 1.46 bits per heavy atom. The second-order valence-corrected chi connectivity index (χ2v) is 22.4. The van der Waals surface area contributed by atoms with Crippen molar-refractivity contribution in [3.8, 4) is 0 Å². The summed E-state index contributed by atoms with van der Waals surface area (Å²) in [7, 11) is 0. The van der Waals surface area contributed by atoms with E-state index < -0.39 is 0 Å². The number of anilines is 6. The molecule has 70 heavy (non-hydrogen) atoms. The van der Waals surface area contributed by atoms with E-state index in [1.54, 1.807) is 83.9 Å². The zero-order valence-electron chi connectivity index (χ0n) is 37.5. The fraction of sp³-hybridized carbons (Fsp3) is 0.304. The standard InChI is InChI=1S/C27H23ClN8O2S2.C19H21ClN8S2/c1-13-11-39-26(33-13)27(12-36-24(37)14-4-2-3-5-15(14)25(36)38)16-9-35(10-17(16)27)19-8-32-23(22(30)34-19)40-18-6-7-31-21(29)20(18)28;1-9-7-29-18(26-9)19(8-21)10-5-28(6-11(10)19)13-4-25-17(16(23)27-13)30-12-2-3-24-15(22)14(12)20/h2-8,11,16-17H,9-10,12H2,1H3,(H2,29,31)(H2,30,34);2-4,7,10-11H,5-6,8,21H2,1H3,(H2,22,24)(H2,23,27)/t16-,17+,27?;10-,11+,19?. The lowest BCUT2D eigenvalue weighted by molar-refractivity contribution is 0.0632. The number of fused-ring (bicyclic) bond motifs is 3. The highest BCUT2D eigenvalue weighted by molar-refractivity contribution is 7.99. The Bertz CT molecular complexity index is 3190. The number of rotatable bonds is 11. The van der Waals surface area contributed by atoms with Crippen LogP contribution in [0, 0.1) is 37.5 Å². The average Bonchev–Trinajstić information content (AvgIpc) is 3.83. The first kappa shape index (κ1) is 46.5. The van der Waals surface area contributed by atoms with Crippen molar-refractivity contribution in [1.29, 1.82) is 0 Å². The zero-order valence-corrected chi connectivity index (χ0v) is 42.3. The molecule has 9 heterocycles. The summed E-state index contributed by atoms with van der Waals surface area (Å²) in [4.78, 5) is 69.5. The van der Waals surface area contributed by atoms with Gasteiger partial charge >= 0.3 is 0 Å². The summed E-state index contributed by atoms with van der Waals surface area (Å²) in [5.41, 5.74) is 32.8. The molecule has 6 aromatic heterocycles. The van der Waals surface area contributed by atoms with Gasteiger partial charge in [0.2, 0.25) is 0 Å². The molecule has 0 spiro atoms. The van der Waals surface area contributed by atoms with Crippen LogP contribution in [0.25, 0.3) is 0 Å². The van der Waals surface area contributed by atoms with Crippen molar-refractivity contribution < 1.29 is 9.59 Å². The second kappa shape index (κ2) is 17.8. The fourth-order valence-corrected chi connectivity index (χ4v) is 14.7. The summed E-state index contributed by atoms with van der Waals surface area (Å²) in [6.45, 7) is 8.09. The van der Waals surface area contributed by atoms with Gasteiger partial charge in [-0.2, -0.15) is 0 Å². The molecule has 0 radical (unpaired) electrons. The molecule has 10 N–H and O–H groups in total. The molecule has 24 heteroatoms. The van der Waals surface area contributed by atoms with Gasteiger partial charge in [0.25, 0.3) is 11.8 Å². The maximum Gasteiger partial charge on any atom is 0.261 e. The minimum atomic E-state index is -0.379. The molecule has 1 aromatic carbocycles. The quantitative estimate of drug-likeness (QED) is 0.0868. The van der Waals surface area contributed by atoms with E-state index in [9.17, 15) is 9.59 Å². The number of carbonyl (C=O) groups excluding carboxylic acids is 2. The number of aromatic nitrogens is 8. The van der Waals surface area contributed by atoms with Gasteiger partial charge in [0.05, 0.1) is 39.0 Å². The molecule has 2 amide bonds. The van der Waals surface area contributed by atoms with E-state index in [1.165, 1.54) is 33.4 Å². The fourth-order valence-electron chi connectivity index (χ4n) is 10.4. The van der Waals surface area contributed by atoms with E-state index in [0.29, 0.717) is 91.6 Å². The van der Waals surface area contributed by atoms with Crippen LogP contribution in [-0.2, 0) is 10.8 Å². The van der Waals surface area contributed by atoms with Gasteiger partial charge in [-0.15, -0.1) is 22.7 Å². The van der Waals surface area contributed by atoms with Gasteiger partial charge in [-0.3, -0.25) is 14.5 Å². The van der Waals surface area contributed by atoms with E-state index in [4.69, 9.17) is 61.8 Å². The van der Waals surface area contributed by atoms with Gasteiger partial charge < -0.3 is 38.5 Å². The van der Waals surface area contributed by atoms with Gasteiger partial charge in [0, 0.05) is 89.0 Å². The molecule has 3 aliphatic heterocycles. The van der Waals surface area contributed by atoms with Crippen LogP contribution in [0.2, 0.25) is 10.0 Å². The Morgan fingerprint density at radius 1 is 0.629 bits per heavy atom. The molecule has 2 aliphatic carbocycles. The van der Waals surface area contributed by atoms with E-state index in [0.717, 1.165) is 40.2 Å². The van der Waals surface area contributed by atoms with E-state index in [1.807, 2.05) is 19.2 Å². The molecule has 7 aromatic rings. The summed E-state index contributed by atoms with van der Waals surface area (Å²) >= 11 is 18.4. The topological polar surface area (TPSA) is 277 Å². The minimum absolute atomic E-state index is 0.0161. The van der Waals surface area contributed by atoms with Crippen molar-refractivity contribution in [2.75, 3.05) is 72.0 Å². The highest BCUT2D eigenvalue weighted by atomic mass is 35.5. The number of nitrogen functional groups attached to an aromatic ring is 4. The van der Waals surface area contributed by atoms with Crippen LogP contribution in [-0.4, -0.2) is 95.9 Å². The predicted octanol–water partition coefficient (Wildman–Crippen LogP) is 6.47. The van der Waals surface area contributed by atoms with Crippen LogP contribution >= 0.6 is 69.4 Å². The number of nitrogens with zero attached hydrogens (tertiary/aromatic N) is 11. The first-order valence-corrected chi connectivity index (χ1v) is 26.3. The number of pyridine rings is 2. The van der Waals surface area contributed by atoms with E-state index in [-0.39, 0.29) is 46.1 Å². The molecule has 6 atom stereocenters. The number of aryl methyl sites for hydroxylation is 2. The van der Waals surface area contributed by atoms with Crippen molar-refractivity contribution in [3.63, 3.8) is 0 Å². The molecule has 0 bridgehead atoms. The third-order valence-corrected chi connectivity index (χ3v) is 19.5. The highest BCUT2D eigenvalue weighted by Crippen LogP contribution is 2.66. The third-order valence-electron chi connectivity index (χ3n) is 14.1. The first-order valence-electron chi connectivity index (χ1n) is 22.1. The maximum absolute atomic E-state index is 13.2. The van der Waals surface area contributed by atoms with Gasteiger partial charge in [0.15, 0.2) is 11.6 Å². The predicted molar refractivity (Wildman–Crippen MR) is 275 cm³/mol. The number of thiazole rings is 2. The Hall–Kier alpha value is -5.88. The SMILES string of the molecule is Cc1csc(C2(CN)[C@@H]3CN(c4cnc(Sc5ccnc(N)c5Cl)c(N)n4)C[C@@H]32)n1.Cc1csc(C2(CN3C(=O)c4ccccc4C3=O)[C@@H]3CN(c4cnc(Sc5ccnc(N)c5Cl)c(N)n4)C[C@@H]32)n1. The van der Waals surface area contributed by atoms with Crippen molar-refractivity contribution in [3.05, 3.63) is 115 Å². The van der Waals surface area contributed by atoms with Crippen LogP contribution in [0.1, 0.15) is 42.1 Å². The van der Waals surface area contributed by atoms with Crippen molar-refractivity contribution in [1.82, 2.24) is 44.8 Å². The van der Waals surface area contributed by atoms with Gasteiger partial charge in [0.1, 0.15) is 43.3 Å². The largest absolute Gasteiger partial charge is 0.382 e. The molecule has 358 valence electrons. The average molecular weight is 1050 g/mol. The van der Waals surface area contributed by atoms with E-state index >= 15 is 0 Å². The van der Waals surface area contributed by atoms with E-state index in [2.05, 4.69) is 45.1 Å². The third kappa shape index (κ3) is 7.74. The molecule has 2 unspecified atom stereocenters. The molecular formula is C46H44Cl2N16O2S4. The number of carbonyl (C=O) groups is 2. The molecule has 2 saturated carbocycles. The molecule has 4 fully saturated rings. The summed E-state index contributed by atoms with van der Waals surface area (Å²) in [5.74, 6) is 3.56. The lowest BCUT2D eigenvalue weighted by Crippen LogP contribution is -2.42. The normalized spacial score (nSPS) is 23.8. The number of hydrogen-bond acceptors (Lipinski definition) is 21. The van der Waals surface area contributed by atoms with Crippen LogP contribution < -0.4 is 38.5 Å². The number of nitrogens with two attached hydrogens (primary N) is 5. The van der Waals surface area contributed by atoms with Gasteiger partial charge in [-0.25, -0.2) is 39.9 Å². The molecule has 18 nitrogen and oxygen atoms in total. The highest BCUT2D eigenvalue weighted by Gasteiger charge is 2.72. The molecular weight excluding hydrogens is 1010 g/mol. The number of amides is 2. The van der Waals surface area contributed by atoms with Crippen molar-refractivity contribution >= 4 is 116 Å². The Labute approximate surface area is 428 Å². The monoisotopic (exact) mass is 1050 g/mol. The van der Waals surface area contributed by atoms with Crippen molar-refractivity contribution in [2.45, 2.75) is 44.5 Å². The Kier molecular flexibility index (Phi) is 11.8. The summed E-state index contributed by atoms with van der Waals surface area (Å²) in [5, 5.41) is 8.13. The van der Waals surface area contributed by atoms with Gasteiger partial charge in [-0.05, 0) is 61.8 Å². The van der Waals surface area contributed by atoms with Crippen LogP contribution in [0.5, 0.6) is 0 Å². The molecule has 5 aliphatic rings. The number of halogens is 2. The van der Waals surface area contributed by atoms with Crippen molar-refractivity contribution in [2.24, 2.45) is 29.4 Å². The van der Waals surface area contributed by atoms with Gasteiger partial charge in [-0.1, -0.05) is 58.9 Å². The number of hydrogen-bond donors (Lipinski definition) is 5. The van der Waals surface area contributed by atoms with Crippen LogP contribution in [0.4, 0.5) is 34.9 Å². The molecule has 2 saturated heterocycles. The minimum Gasteiger partial charge on any atom is -0.382 e. The molecule has 12 rings (SSSR count). The summed E-state index contributed by atoms with van der Waals surface area (Å²) in [6, 6.07) is 10.5. The first-order chi connectivity index (χ1) is 33.7. The van der Waals surface area contributed by atoms with Crippen LogP contribution in [0.3, 0.4) is 0 Å². The van der Waals surface area contributed by atoms with Crippen LogP contribution in [0.15, 0.2) is 91.8 Å². The second-order valence-electron chi connectivity index (χ2n) is 17.9. The zero-order chi connectivity index (χ0) is 48.8. The Balaban J connectivity index is 0.000000159. The Morgan fingerprint density at radius 2 is 1.06 bits per heavy atom. The lowest BCUT2D eigenvalue weighted by atomic mass is 9.99. The smallest absolute Gasteiger partial charge is 0.261 e. The number of benzene rings is 1. The summed E-state index contributed by atoms with van der Waals surface area (Å²) in [6.07, 6.45) is 6.66. The maximum atomic E-state index is 13.2.